The van der Waals surface area contributed by atoms with Crippen LogP contribution < -0.4 is 10.2 Å². The molecule has 0 fully saturated rings. The van der Waals surface area contributed by atoms with Crippen LogP contribution in [-0.2, 0) is 0 Å². The van der Waals surface area contributed by atoms with Crippen LogP contribution >= 0.6 is 0 Å². The number of fused-ring (bicyclic) bond motifs is 1. The van der Waals surface area contributed by atoms with Gasteiger partial charge in [0.1, 0.15) is 0 Å². The zero-order valence-corrected chi connectivity index (χ0v) is 20.2. The number of imidazole rings is 1. The van der Waals surface area contributed by atoms with E-state index < -0.39 is 5.97 Å². The number of para-hydroxylation sites is 2. The van der Waals surface area contributed by atoms with Crippen LogP contribution in [0.25, 0.3) is 22.2 Å². The van der Waals surface area contributed by atoms with Gasteiger partial charge in [-0.25, -0.2) is 9.78 Å². The lowest BCUT2D eigenvalue weighted by atomic mass is 9.98. The molecule has 176 valence electrons. The fourth-order valence-corrected chi connectivity index (χ4v) is 4.29. The number of carbonyl (C=O) groups is 1. The van der Waals surface area contributed by atoms with Crippen molar-refractivity contribution in [2.24, 2.45) is 11.8 Å². The van der Waals surface area contributed by atoms with Crippen molar-refractivity contribution in [1.29, 1.82) is 0 Å². The van der Waals surface area contributed by atoms with Crippen LogP contribution in [0.1, 0.15) is 38.1 Å². The van der Waals surface area contributed by atoms with Crippen molar-refractivity contribution in [1.82, 2.24) is 9.97 Å². The van der Waals surface area contributed by atoms with E-state index in [4.69, 9.17) is 4.98 Å². The molecule has 0 amide bonds. The van der Waals surface area contributed by atoms with Crippen molar-refractivity contribution < 1.29 is 9.90 Å². The van der Waals surface area contributed by atoms with Crippen LogP contribution in [0, 0.1) is 11.8 Å². The molecule has 0 aliphatic carbocycles. The number of hydrogen-bond acceptors (Lipinski definition) is 4. The average Bonchev–Trinajstić information content (AvgIpc) is 3.20. The molecule has 0 spiro atoms. The zero-order valence-electron chi connectivity index (χ0n) is 20.2. The number of anilines is 3. The summed E-state index contributed by atoms with van der Waals surface area (Å²) in [5.41, 5.74) is 5.62. The first-order chi connectivity index (χ1) is 16.3. The van der Waals surface area contributed by atoms with E-state index in [9.17, 15) is 9.90 Å². The largest absolute Gasteiger partial charge is 0.478 e. The van der Waals surface area contributed by atoms with Crippen LogP contribution in [0.15, 0.2) is 66.7 Å². The van der Waals surface area contributed by atoms with Crippen molar-refractivity contribution in [2.75, 3.05) is 23.3 Å². The Hall–Kier alpha value is -3.80. The highest BCUT2D eigenvalue weighted by atomic mass is 16.4. The molecule has 0 bridgehead atoms. The number of aromatic carboxylic acids is 1. The minimum atomic E-state index is -0.937. The Morgan fingerprint density at radius 3 is 2.32 bits per heavy atom. The monoisotopic (exact) mass is 456 g/mol. The molecule has 3 aromatic carbocycles. The minimum absolute atomic E-state index is 0.283. The fraction of sp³-hybridized carbons (Fsp3) is 0.286. The van der Waals surface area contributed by atoms with Gasteiger partial charge in [0.2, 0.25) is 5.95 Å². The quantitative estimate of drug-likeness (QED) is 0.258. The summed E-state index contributed by atoms with van der Waals surface area (Å²) in [5, 5.41) is 13.2. The molecule has 1 aromatic heterocycles. The fourth-order valence-electron chi connectivity index (χ4n) is 4.29. The Kier molecular flexibility index (Phi) is 6.87. The van der Waals surface area contributed by atoms with Gasteiger partial charge in [-0.05, 0) is 53.3 Å². The molecular formula is C28H32N4O2. The van der Waals surface area contributed by atoms with Gasteiger partial charge >= 0.3 is 5.97 Å². The van der Waals surface area contributed by atoms with Crippen molar-refractivity contribution in [3.63, 3.8) is 0 Å². The first-order valence-electron chi connectivity index (χ1n) is 11.7. The van der Waals surface area contributed by atoms with Crippen LogP contribution in [0.4, 0.5) is 17.3 Å². The van der Waals surface area contributed by atoms with E-state index in [0.29, 0.717) is 23.3 Å². The molecule has 0 atom stereocenters. The predicted octanol–water partition coefficient (Wildman–Crippen LogP) is 6.79. The van der Waals surface area contributed by atoms with Gasteiger partial charge in [0.25, 0.3) is 0 Å². The van der Waals surface area contributed by atoms with Crippen LogP contribution in [0.2, 0.25) is 0 Å². The summed E-state index contributed by atoms with van der Waals surface area (Å²) >= 11 is 0. The first-order valence-corrected chi connectivity index (χ1v) is 11.7. The first kappa shape index (κ1) is 23.4. The predicted molar refractivity (Wildman–Crippen MR) is 140 cm³/mol. The van der Waals surface area contributed by atoms with Crippen LogP contribution in [-0.4, -0.2) is 34.1 Å². The Morgan fingerprint density at radius 2 is 1.65 bits per heavy atom. The van der Waals surface area contributed by atoms with E-state index in [2.05, 4.69) is 49.0 Å². The van der Waals surface area contributed by atoms with Gasteiger partial charge in [-0.3, -0.25) is 0 Å². The lowest BCUT2D eigenvalue weighted by molar-refractivity contribution is 0.0697. The summed E-state index contributed by atoms with van der Waals surface area (Å²) in [6, 6.07) is 21.1. The Bertz CT molecular complexity index is 1250. The normalized spacial score (nSPS) is 11.4. The van der Waals surface area contributed by atoms with Crippen molar-refractivity contribution in [3.05, 3.63) is 72.3 Å². The van der Waals surface area contributed by atoms with Gasteiger partial charge in [-0.1, -0.05) is 64.1 Å². The van der Waals surface area contributed by atoms with Crippen LogP contribution in [0.5, 0.6) is 0 Å². The van der Waals surface area contributed by atoms with Crippen molar-refractivity contribution >= 4 is 34.3 Å². The third kappa shape index (κ3) is 5.22. The number of nitrogens with one attached hydrogen (secondary N) is 2. The molecule has 6 heteroatoms. The highest BCUT2D eigenvalue weighted by Crippen LogP contribution is 2.35. The topological polar surface area (TPSA) is 81.2 Å². The summed E-state index contributed by atoms with van der Waals surface area (Å²) in [6.07, 6.45) is 0. The second-order valence-corrected chi connectivity index (χ2v) is 9.50. The number of carboxylic acids is 1. The number of carboxylic acid groups (broad SMARTS) is 1. The summed E-state index contributed by atoms with van der Waals surface area (Å²) in [5.74, 6) is 0.698. The van der Waals surface area contributed by atoms with Gasteiger partial charge in [0.05, 0.1) is 28.0 Å². The van der Waals surface area contributed by atoms with Gasteiger partial charge in [-0.15, -0.1) is 0 Å². The third-order valence-electron chi connectivity index (χ3n) is 5.62. The van der Waals surface area contributed by atoms with E-state index in [-0.39, 0.29) is 5.56 Å². The molecule has 0 saturated heterocycles. The number of rotatable bonds is 9. The maximum atomic E-state index is 11.8. The van der Waals surface area contributed by atoms with E-state index in [1.165, 1.54) is 0 Å². The number of H-pyrrole nitrogens is 1. The molecule has 3 N–H and O–H groups in total. The lowest BCUT2D eigenvalue weighted by Gasteiger charge is -2.30. The number of benzene rings is 3. The molecule has 0 aliphatic rings. The van der Waals surface area contributed by atoms with Gasteiger partial charge < -0.3 is 20.3 Å². The SMILES string of the molecule is CC(C)CN(CC(C)C)c1ccc(-c2ccccc2C(=O)O)cc1Nc1nc2ccccc2[nH]1. The number of hydrogen-bond donors (Lipinski definition) is 3. The minimum Gasteiger partial charge on any atom is -0.478 e. The highest BCUT2D eigenvalue weighted by molar-refractivity contribution is 5.97. The van der Waals surface area contributed by atoms with Crippen molar-refractivity contribution in [3.8, 4) is 11.1 Å². The maximum Gasteiger partial charge on any atom is 0.336 e. The zero-order chi connectivity index (χ0) is 24.2. The summed E-state index contributed by atoms with van der Waals surface area (Å²) in [7, 11) is 0. The standard InChI is InChI=1S/C28H32N4O2/c1-18(2)16-32(17-19(3)4)26-14-13-20(21-9-5-6-10-22(21)27(33)34)15-25(26)31-28-29-23-11-7-8-12-24(23)30-28/h5-15,18-19H,16-17H2,1-4H3,(H,33,34)(H2,29,30,31). The second kappa shape index (κ2) is 10.00. The molecule has 4 aromatic rings. The summed E-state index contributed by atoms with van der Waals surface area (Å²) in [6.45, 7) is 10.7. The number of aromatic nitrogens is 2. The summed E-state index contributed by atoms with van der Waals surface area (Å²) in [4.78, 5) is 22.3. The molecule has 0 unspecified atom stereocenters. The third-order valence-corrected chi connectivity index (χ3v) is 5.62. The maximum absolute atomic E-state index is 11.8. The Morgan fingerprint density at radius 1 is 0.971 bits per heavy atom. The highest BCUT2D eigenvalue weighted by Gasteiger charge is 2.18. The average molecular weight is 457 g/mol. The second-order valence-electron chi connectivity index (χ2n) is 9.50. The lowest BCUT2D eigenvalue weighted by Crippen LogP contribution is -2.31. The molecule has 0 radical (unpaired) electrons. The van der Waals surface area contributed by atoms with E-state index >= 15 is 0 Å². The molecule has 34 heavy (non-hydrogen) atoms. The van der Waals surface area contributed by atoms with E-state index in [1.54, 1.807) is 12.1 Å². The molecule has 6 nitrogen and oxygen atoms in total. The summed E-state index contributed by atoms with van der Waals surface area (Å²) < 4.78 is 0. The smallest absolute Gasteiger partial charge is 0.336 e. The van der Waals surface area contributed by atoms with Crippen molar-refractivity contribution in [2.45, 2.75) is 27.7 Å². The molecule has 0 saturated carbocycles. The molecule has 0 aliphatic heterocycles. The molecular weight excluding hydrogens is 424 g/mol. The van der Waals surface area contributed by atoms with E-state index in [1.807, 2.05) is 48.5 Å². The van der Waals surface area contributed by atoms with Gasteiger partial charge in [-0.2, -0.15) is 0 Å². The van der Waals surface area contributed by atoms with E-state index in [0.717, 1.165) is 41.1 Å². The van der Waals surface area contributed by atoms with Crippen LogP contribution in [0.3, 0.4) is 0 Å². The number of aromatic amines is 1. The Labute approximate surface area is 200 Å². The Balaban J connectivity index is 1.82. The van der Waals surface area contributed by atoms with Gasteiger partial charge in [0.15, 0.2) is 0 Å². The number of nitrogens with zero attached hydrogens (tertiary/aromatic N) is 2. The molecule has 1 heterocycles. The van der Waals surface area contributed by atoms with Gasteiger partial charge in [0, 0.05) is 13.1 Å². The molecule has 4 rings (SSSR count).